The van der Waals surface area contributed by atoms with Crippen LogP contribution in [0.15, 0.2) is 42.7 Å². The minimum Gasteiger partial charge on any atom is -1.00 e. The molecule has 4 heteroatoms. The molecule has 0 bridgehead atoms. The smallest absolute Gasteiger partial charge is 0.195 e. The summed E-state index contributed by atoms with van der Waals surface area (Å²) in [6, 6.07) is 8.00. The zero-order valence-corrected chi connectivity index (χ0v) is 19.0. The van der Waals surface area contributed by atoms with E-state index in [1.807, 2.05) is 31.2 Å². The molecule has 0 unspecified atom stereocenters. The summed E-state index contributed by atoms with van der Waals surface area (Å²) < 4.78 is 2.23. The van der Waals surface area contributed by atoms with Gasteiger partial charge in [-0.2, -0.15) is 0 Å². The molecule has 27 heavy (non-hydrogen) atoms. The lowest BCUT2D eigenvalue weighted by Crippen LogP contribution is -3.00. The summed E-state index contributed by atoms with van der Waals surface area (Å²) >= 11 is 1.55. The Morgan fingerprint density at radius 3 is 2.41 bits per heavy atom. The summed E-state index contributed by atoms with van der Waals surface area (Å²) in [5.74, 6) is 0.0848. The standard InChI is InChI=1S/C23H32NOS.BrH/c1-3-4-5-6-7-8-9-10-17-24-18-11-12-21(19-24)14-15-22(25)23-16-13-20(2)26-23;/h11-16,18-19H,3-10,17H2,1-2H3;1H/q+1;/p-1/b15-14+;. The van der Waals surface area contributed by atoms with Crippen LogP contribution in [0.25, 0.3) is 6.08 Å². The first-order chi connectivity index (χ1) is 12.7. The Morgan fingerprint density at radius 1 is 1.04 bits per heavy atom. The van der Waals surface area contributed by atoms with Crippen molar-refractivity contribution < 1.29 is 26.3 Å². The van der Waals surface area contributed by atoms with Gasteiger partial charge in [-0.05, 0) is 43.7 Å². The number of carbonyl (C=O) groups excluding carboxylic acids is 1. The van der Waals surface area contributed by atoms with Crippen molar-refractivity contribution in [1.82, 2.24) is 0 Å². The largest absolute Gasteiger partial charge is 1.00 e. The number of halogens is 1. The van der Waals surface area contributed by atoms with Gasteiger partial charge in [0, 0.05) is 22.9 Å². The number of aromatic nitrogens is 1. The van der Waals surface area contributed by atoms with E-state index < -0.39 is 0 Å². The maximum Gasteiger partial charge on any atom is 0.195 e. The number of aryl methyl sites for hydroxylation is 2. The fourth-order valence-electron chi connectivity index (χ4n) is 3.03. The highest BCUT2D eigenvalue weighted by Crippen LogP contribution is 2.16. The first-order valence-electron chi connectivity index (χ1n) is 9.97. The molecular weight excluding hydrogens is 418 g/mol. The van der Waals surface area contributed by atoms with Gasteiger partial charge >= 0.3 is 0 Å². The highest BCUT2D eigenvalue weighted by atomic mass is 79.9. The van der Waals surface area contributed by atoms with Gasteiger partial charge in [0.1, 0.15) is 6.54 Å². The second-order valence-electron chi connectivity index (χ2n) is 6.96. The second-order valence-corrected chi connectivity index (χ2v) is 8.25. The summed E-state index contributed by atoms with van der Waals surface area (Å²) in [4.78, 5) is 14.1. The Morgan fingerprint density at radius 2 is 1.74 bits per heavy atom. The highest BCUT2D eigenvalue weighted by molar-refractivity contribution is 7.14. The van der Waals surface area contributed by atoms with Crippen molar-refractivity contribution in [3.05, 3.63) is 58.1 Å². The van der Waals surface area contributed by atoms with E-state index in [4.69, 9.17) is 0 Å². The lowest BCUT2D eigenvalue weighted by Gasteiger charge is -2.01. The molecule has 0 fully saturated rings. The summed E-state index contributed by atoms with van der Waals surface area (Å²) in [5.41, 5.74) is 1.08. The van der Waals surface area contributed by atoms with Gasteiger partial charge in [-0.15, -0.1) is 11.3 Å². The van der Waals surface area contributed by atoms with Crippen molar-refractivity contribution in [2.24, 2.45) is 0 Å². The summed E-state index contributed by atoms with van der Waals surface area (Å²) in [7, 11) is 0. The molecule has 2 aromatic heterocycles. The van der Waals surface area contributed by atoms with Crippen LogP contribution in [0.2, 0.25) is 0 Å². The van der Waals surface area contributed by atoms with E-state index in [0.29, 0.717) is 0 Å². The number of hydrogen-bond acceptors (Lipinski definition) is 2. The number of allylic oxidation sites excluding steroid dienone is 1. The second kappa shape index (κ2) is 13.8. The van der Waals surface area contributed by atoms with E-state index >= 15 is 0 Å². The summed E-state index contributed by atoms with van der Waals surface area (Å²) in [6.07, 6.45) is 18.6. The van der Waals surface area contributed by atoms with Crippen LogP contribution < -0.4 is 21.5 Å². The third kappa shape index (κ3) is 9.48. The SMILES string of the molecule is CCCCCCCCCC[n+]1cccc(/C=C/C(=O)c2ccc(C)s2)c1.[Br-]. The molecule has 148 valence electrons. The van der Waals surface area contributed by atoms with E-state index in [2.05, 4.69) is 30.0 Å². The maximum atomic E-state index is 12.2. The Bertz CT molecular complexity index is 708. The zero-order valence-electron chi connectivity index (χ0n) is 16.6. The molecule has 0 amide bonds. The molecule has 2 nitrogen and oxygen atoms in total. The first kappa shape index (κ1) is 23.8. The Labute approximate surface area is 179 Å². The van der Waals surface area contributed by atoms with Gasteiger partial charge in [-0.1, -0.05) is 45.4 Å². The quantitative estimate of drug-likeness (QED) is 0.210. The Kier molecular flexibility index (Phi) is 12.2. The minimum atomic E-state index is 0. The highest BCUT2D eigenvalue weighted by Gasteiger charge is 2.05. The summed E-state index contributed by atoms with van der Waals surface area (Å²) in [5, 5.41) is 0. The minimum absolute atomic E-state index is 0. The molecular formula is C23H32BrNOS. The molecule has 0 saturated heterocycles. The van der Waals surface area contributed by atoms with Crippen LogP contribution in [0.4, 0.5) is 0 Å². The van der Waals surface area contributed by atoms with Crippen LogP contribution >= 0.6 is 11.3 Å². The number of rotatable bonds is 12. The van der Waals surface area contributed by atoms with Crippen molar-refractivity contribution in [2.45, 2.75) is 71.8 Å². The van der Waals surface area contributed by atoms with E-state index in [0.717, 1.165) is 17.0 Å². The molecule has 2 rings (SSSR count). The third-order valence-corrected chi connectivity index (χ3v) is 5.58. The predicted molar refractivity (Wildman–Crippen MR) is 112 cm³/mol. The molecule has 0 saturated carbocycles. The zero-order chi connectivity index (χ0) is 18.6. The van der Waals surface area contributed by atoms with Crippen molar-refractivity contribution >= 4 is 23.2 Å². The Hall–Kier alpha value is -1.26. The fraction of sp³-hybridized carbons (Fsp3) is 0.478. The van der Waals surface area contributed by atoms with Gasteiger partial charge < -0.3 is 17.0 Å². The van der Waals surface area contributed by atoms with Gasteiger partial charge in [0.15, 0.2) is 18.2 Å². The van der Waals surface area contributed by atoms with Crippen LogP contribution in [-0.2, 0) is 6.54 Å². The maximum absolute atomic E-state index is 12.2. The van der Waals surface area contributed by atoms with Crippen LogP contribution in [0, 0.1) is 6.92 Å². The molecule has 2 heterocycles. The van der Waals surface area contributed by atoms with Gasteiger partial charge in [-0.25, -0.2) is 4.57 Å². The van der Waals surface area contributed by atoms with Crippen molar-refractivity contribution in [3.63, 3.8) is 0 Å². The van der Waals surface area contributed by atoms with Crippen molar-refractivity contribution in [1.29, 1.82) is 0 Å². The fourth-order valence-corrected chi connectivity index (χ4v) is 3.82. The lowest BCUT2D eigenvalue weighted by molar-refractivity contribution is -0.697. The Balaban J connectivity index is 0.00000364. The van der Waals surface area contributed by atoms with Crippen molar-refractivity contribution in [3.8, 4) is 0 Å². The van der Waals surface area contributed by atoms with E-state index in [1.54, 1.807) is 17.4 Å². The van der Waals surface area contributed by atoms with Gasteiger partial charge in [-0.3, -0.25) is 4.79 Å². The van der Waals surface area contributed by atoms with Crippen LogP contribution in [0.1, 0.15) is 78.4 Å². The van der Waals surface area contributed by atoms with E-state index in [9.17, 15) is 4.79 Å². The number of ketones is 1. The van der Waals surface area contributed by atoms with Gasteiger partial charge in [0.2, 0.25) is 0 Å². The normalized spacial score (nSPS) is 10.9. The number of hydrogen-bond donors (Lipinski definition) is 0. The predicted octanol–water partition coefficient (Wildman–Crippen LogP) is 3.38. The van der Waals surface area contributed by atoms with Crippen LogP contribution in [0.3, 0.4) is 0 Å². The molecule has 0 aliphatic carbocycles. The number of nitrogens with zero attached hydrogens (tertiary/aromatic N) is 1. The third-order valence-electron chi connectivity index (χ3n) is 4.56. The van der Waals surface area contributed by atoms with E-state index in [1.165, 1.54) is 56.2 Å². The van der Waals surface area contributed by atoms with Crippen molar-refractivity contribution in [2.75, 3.05) is 0 Å². The number of pyridine rings is 1. The summed E-state index contributed by atoms with van der Waals surface area (Å²) in [6.45, 7) is 5.34. The van der Waals surface area contributed by atoms with Gasteiger partial charge in [0.05, 0.1) is 4.88 Å². The monoisotopic (exact) mass is 449 g/mol. The lowest BCUT2D eigenvalue weighted by atomic mass is 10.1. The molecule has 0 N–H and O–H groups in total. The number of thiophene rings is 1. The topological polar surface area (TPSA) is 20.9 Å². The van der Waals surface area contributed by atoms with Crippen LogP contribution in [0.5, 0.6) is 0 Å². The average Bonchev–Trinajstić information content (AvgIpc) is 3.09. The van der Waals surface area contributed by atoms with E-state index in [-0.39, 0.29) is 22.8 Å². The molecule has 2 aromatic rings. The first-order valence-corrected chi connectivity index (χ1v) is 10.8. The molecule has 0 spiro atoms. The molecule has 0 aliphatic rings. The van der Waals surface area contributed by atoms with Crippen LogP contribution in [-0.4, -0.2) is 5.78 Å². The molecule has 0 aliphatic heterocycles. The van der Waals surface area contributed by atoms with Gasteiger partial charge in [0.25, 0.3) is 0 Å². The molecule has 0 atom stereocenters. The average molecular weight is 450 g/mol. The number of carbonyl (C=O) groups is 1. The number of unbranched alkanes of at least 4 members (excludes halogenated alkanes) is 7. The molecule has 0 radical (unpaired) electrons. The molecule has 0 aromatic carbocycles.